The van der Waals surface area contributed by atoms with Gasteiger partial charge in [-0.15, -0.1) is 0 Å². The van der Waals surface area contributed by atoms with Gasteiger partial charge in [0.2, 0.25) is 5.91 Å². The first-order valence-electron chi connectivity index (χ1n) is 11.7. The average molecular weight is 446 g/mol. The molecule has 3 heterocycles. The van der Waals surface area contributed by atoms with Crippen molar-refractivity contribution in [1.82, 2.24) is 19.9 Å². The number of nitrogens with zero attached hydrogens (tertiary/aromatic N) is 4. The third kappa shape index (κ3) is 5.18. The van der Waals surface area contributed by atoms with Gasteiger partial charge in [-0.1, -0.05) is 18.9 Å². The number of rotatable bonds is 6. The van der Waals surface area contributed by atoms with Crippen molar-refractivity contribution in [3.63, 3.8) is 0 Å². The number of hydrogen-bond donors (Lipinski definition) is 1. The fraction of sp³-hybridized carbons (Fsp3) is 0.385. The van der Waals surface area contributed by atoms with Crippen molar-refractivity contribution in [1.29, 1.82) is 0 Å². The molecule has 0 radical (unpaired) electrons. The number of likely N-dealkylation sites (tertiary alicyclic amines) is 1. The first-order valence-corrected chi connectivity index (χ1v) is 11.7. The van der Waals surface area contributed by atoms with Crippen LogP contribution in [0.1, 0.15) is 50.3 Å². The highest BCUT2D eigenvalue weighted by Crippen LogP contribution is 2.32. The van der Waals surface area contributed by atoms with E-state index in [-0.39, 0.29) is 17.6 Å². The molecule has 1 saturated heterocycles. The normalized spacial score (nSPS) is 18.6. The standard InChI is InChI=1S/C26H28FN5O/c27-21-6-3-7-22(15-21)29-24-16-23(19-8-11-28-12-9-19)30-26(31-24)20-10-13-32(17-20)25(33)14-18-4-1-2-5-18/h3,6-9,11-12,15-16,18,20H,1-2,4-5,10,13-14,17H2,(H,29,30,31)/t20-/m0/s1. The van der Waals surface area contributed by atoms with Crippen LogP contribution in [0.25, 0.3) is 11.3 Å². The minimum Gasteiger partial charge on any atom is -0.342 e. The van der Waals surface area contributed by atoms with Crippen LogP contribution in [-0.2, 0) is 4.79 Å². The van der Waals surface area contributed by atoms with Crippen molar-refractivity contribution in [3.8, 4) is 11.3 Å². The summed E-state index contributed by atoms with van der Waals surface area (Å²) < 4.78 is 13.7. The zero-order valence-corrected chi connectivity index (χ0v) is 18.6. The molecule has 2 aromatic heterocycles. The second-order valence-corrected chi connectivity index (χ2v) is 9.05. The molecule has 5 rings (SSSR count). The molecule has 1 atom stereocenters. The number of benzene rings is 1. The molecule has 0 bridgehead atoms. The molecule has 7 heteroatoms. The molecular weight excluding hydrogens is 417 g/mol. The van der Waals surface area contributed by atoms with Gasteiger partial charge >= 0.3 is 0 Å². The highest BCUT2D eigenvalue weighted by molar-refractivity contribution is 5.77. The molecule has 33 heavy (non-hydrogen) atoms. The Labute approximate surface area is 193 Å². The van der Waals surface area contributed by atoms with Crippen molar-refractivity contribution in [2.45, 2.75) is 44.4 Å². The Morgan fingerprint density at radius 1 is 1.06 bits per heavy atom. The molecule has 170 valence electrons. The largest absolute Gasteiger partial charge is 0.342 e. The lowest BCUT2D eigenvalue weighted by atomic mass is 10.0. The van der Waals surface area contributed by atoms with E-state index in [1.54, 1.807) is 24.5 Å². The van der Waals surface area contributed by atoms with Gasteiger partial charge in [-0.3, -0.25) is 9.78 Å². The monoisotopic (exact) mass is 445 g/mol. The SMILES string of the molecule is O=C(CC1CCCC1)N1CC[C@H](c2nc(Nc3cccc(F)c3)cc(-c3ccncc3)n2)C1. The molecule has 2 aliphatic rings. The predicted molar refractivity (Wildman–Crippen MR) is 125 cm³/mol. The van der Waals surface area contributed by atoms with Crippen LogP contribution in [0.15, 0.2) is 54.9 Å². The maximum absolute atomic E-state index is 13.7. The number of carbonyl (C=O) groups is 1. The third-order valence-electron chi connectivity index (χ3n) is 6.66. The Kier molecular flexibility index (Phi) is 6.28. The highest BCUT2D eigenvalue weighted by atomic mass is 19.1. The Morgan fingerprint density at radius 3 is 2.67 bits per heavy atom. The van der Waals surface area contributed by atoms with E-state index in [1.807, 2.05) is 23.1 Å². The lowest BCUT2D eigenvalue weighted by Crippen LogP contribution is -2.29. The summed E-state index contributed by atoms with van der Waals surface area (Å²) in [6.45, 7) is 1.39. The van der Waals surface area contributed by atoms with Crippen LogP contribution in [0.2, 0.25) is 0 Å². The van der Waals surface area contributed by atoms with Gasteiger partial charge in [-0.05, 0) is 55.5 Å². The van der Waals surface area contributed by atoms with Crippen LogP contribution in [0, 0.1) is 11.7 Å². The van der Waals surface area contributed by atoms with Crippen LogP contribution < -0.4 is 5.32 Å². The van der Waals surface area contributed by atoms with E-state index in [0.717, 1.165) is 24.2 Å². The molecule has 0 spiro atoms. The molecule has 2 fully saturated rings. The summed E-state index contributed by atoms with van der Waals surface area (Å²) in [6, 6.07) is 12.0. The summed E-state index contributed by atoms with van der Waals surface area (Å²) in [5.74, 6) is 1.88. The van der Waals surface area contributed by atoms with Crippen LogP contribution in [0.4, 0.5) is 15.9 Å². The highest BCUT2D eigenvalue weighted by Gasteiger charge is 2.31. The number of pyridine rings is 1. The van der Waals surface area contributed by atoms with E-state index < -0.39 is 0 Å². The molecule has 6 nitrogen and oxygen atoms in total. The summed E-state index contributed by atoms with van der Waals surface area (Å²) >= 11 is 0. The maximum Gasteiger partial charge on any atom is 0.222 e. The lowest BCUT2D eigenvalue weighted by molar-refractivity contribution is -0.131. The number of hydrogen-bond acceptors (Lipinski definition) is 5. The van der Waals surface area contributed by atoms with Crippen molar-refractivity contribution in [2.24, 2.45) is 5.92 Å². The van der Waals surface area contributed by atoms with Crippen LogP contribution >= 0.6 is 0 Å². The summed E-state index contributed by atoms with van der Waals surface area (Å²) in [5.41, 5.74) is 2.33. The van der Waals surface area contributed by atoms with Crippen LogP contribution in [0.3, 0.4) is 0 Å². The lowest BCUT2D eigenvalue weighted by Gasteiger charge is -2.19. The van der Waals surface area contributed by atoms with E-state index in [4.69, 9.17) is 9.97 Å². The van der Waals surface area contributed by atoms with Crippen LogP contribution in [0.5, 0.6) is 0 Å². The summed E-state index contributed by atoms with van der Waals surface area (Å²) in [7, 11) is 0. The van der Waals surface area contributed by atoms with E-state index in [0.29, 0.717) is 36.2 Å². The topological polar surface area (TPSA) is 71.0 Å². The molecule has 1 N–H and O–H groups in total. The molecule has 1 aliphatic heterocycles. The van der Waals surface area contributed by atoms with Gasteiger partial charge in [0.15, 0.2) is 0 Å². The van der Waals surface area contributed by atoms with Gasteiger partial charge in [-0.25, -0.2) is 14.4 Å². The second kappa shape index (κ2) is 9.65. The Bertz CT molecular complexity index is 1120. The molecule has 0 unspecified atom stereocenters. The molecule has 1 saturated carbocycles. The first-order chi connectivity index (χ1) is 16.1. The van der Waals surface area contributed by atoms with Crippen molar-refractivity contribution >= 4 is 17.4 Å². The Hall–Kier alpha value is -3.35. The number of carbonyl (C=O) groups excluding carboxylic acids is 1. The number of aromatic nitrogens is 3. The minimum absolute atomic E-state index is 0.0763. The molecule has 1 aliphatic carbocycles. The average Bonchev–Trinajstić information content (AvgIpc) is 3.52. The number of nitrogens with one attached hydrogen (secondary N) is 1. The molecule has 1 aromatic carbocycles. The summed E-state index contributed by atoms with van der Waals surface area (Å²) in [6.07, 6.45) is 9.82. The minimum atomic E-state index is -0.309. The van der Waals surface area contributed by atoms with E-state index in [9.17, 15) is 9.18 Å². The smallest absolute Gasteiger partial charge is 0.222 e. The van der Waals surface area contributed by atoms with Crippen molar-refractivity contribution in [2.75, 3.05) is 18.4 Å². The Balaban J connectivity index is 1.38. The van der Waals surface area contributed by atoms with E-state index in [2.05, 4.69) is 10.3 Å². The fourth-order valence-electron chi connectivity index (χ4n) is 4.89. The van der Waals surface area contributed by atoms with Gasteiger partial charge in [0.05, 0.1) is 5.69 Å². The van der Waals surface area contributed by atoms with Gasteiger partial charge in [-0.2, -0.15) is 0 Å². The fourth-order valence-corrected chi connectivity index (χ4v) is 4.89. The quantitative estimate of drug-likeness (QED) is 0.556. The number of anilines is 2. The summed E-state index contributed by atoms with van der Waals surface area (Å²) in [4.78, 5) is 28.5. The predicted octanol–water partition coefficient (Wildman–Crippen LogP) is 5.32. The molecule has 3 aromatic rings. The first kappa shape index (κ1) is 21.5. The van der Waals surface area contributed by atoms with Gasteiger partial charge in [0, 0.05) is 55.1 Å². The zero-order chi connectivity index (χ0) is 22.6. The van der Waals surface area contributed by atoms with Crippen molar-refractivity contribution in [3.05, 3.63) is 66.5 Å². The summed E-state index contributed by atoms with van der Waals surface area (Å²) in [5, 5.41) is 3.21. The molecular formula is C26H28FN5O. The Morgan fingerprint density at radius 2 is 1.88 bits per heavy atom. The van der Waals surface area contributed by atoms with Gasteiger partial charge in [0.25, 0.3) is 0 Å². The van der Waals surface area contributed by atoms with Crippen LogP contribution in [-0.4, -0.2) is 38.8 Å². The van der Waals surface area contributed by atoms with E-state index >= 15 is 0 Å². The number of amides is 1. The van der Waals surface area contributed by atoms with Gasteiger partial charge < -0.3 is 10.2 Å². The van der Waals surface area contributed by atoms with Crippen molar-refractivity contribution < 1.29 is 9.18 Å². The molecule has 1 amide bonds. The zero-order valence-electron chi connectivity index (χ0n) is 18.6. The van der Waals surface area contributed by atoms with Gasteiger partial charge in [0.1, 0.15) is 17.5 Å². The maximum atomic E-state index is 13.7. The second-order valence-electron chi connectivity index (χ2n) is 9.05. The third-order valence-corrected chi connectivity index (χ3v) is 6.66. The van der Waals surface area contributed by atoms with E-state index in [1.165, 1.54) is 37.8 Å². The number of halogens is 1.